The number of hydrogen-bond acceptors (Lipinski definition) is 3. The second-order valence-corrected chi connectivity index (χ2v) is 3.67. The second-order valence-electron chi connectivity index (χ2n) is 3.67. The van der Waals surface area contributed by atoms with E-state index in [1.54, 1.807) is 7.05 Å². The minimum atomic E-state index is 0.0914. The van der Waals surface area contributed by atoms with Gasteiger partial charge in [0, 0.05) is 19.6 Å². The van der Waals surface area contributed by atoms with Gasteiger partial charge in [-0.3, -0.25) is 4.79 Å². The molecule has 76 valence electrons. The van der Waals surface area contributed by atoms with Crippen molar-refractivity contribution in [2.24, 2.45) is 5.92 Å². The number of likely N-dealkylation sites (tertiary alicyclic amines) is 1. The summed E-state index contributed by atoms with van der Waals surface area (Å²) in [5.74, 6) is 0.236. The topological polar surface area (TPSA) is 44.4 Å². The molecule has 0 aromatic heterocycles. The first-order chi connectivity index (χ1) is 6.19. The number of nitrogens with zero attached hydrogens (tertiary/aromatic N) is 1. The summed E-state index contributed by atoms with van der Waals surface area (Å²) in [7, 11) is 5.68. The van der Waals surface area contributed by atoms with Crippen LogP contribution in [0.5, 0.6) is 0 Å². The van der Waals surface area contributed by atoms with E-state index >= 15 is 0 Å². The molecule has 4 heteroatoms. The summed E-state index contributed by atoms with van der Waals surface area (Å²) in [5.41, 5.74) is 0. The number of rotatable bonds is 2. The Kier molecular flexibility index (Phi) is 3.69. The van der Waals surface area contributed by atoms with Crippen molar-refractivity contribution < 1.29 is 4.79 Å². The maximum atomic E-state index is 11.5. The van der Waals surface area contributed by atoms with E-state index in [0.717, 1.165) is 19.5 Å². The number of piperidine rings is 1. The van der Waals surface area contributed by atoms with Crippen LogP contribution in [0.2, 0.25) is 0 Å². The van der Waals surface area contributed by atoms with E-state index in [1.807, 2.05) is 7.05 Å². The molecule has 2 atom stereocenters. The summed E-state index contributed by atoms with van der Waals surface area (Å²) < 4.78 is 0. The summed E-state index contributed by atoms with van der Waals surface area (Å²) in [6, 6.07) is 0.330. The van der Waals surface area contributed by atoms with Crippen LogP contribution in [0.25, 0.3) is 0 Å². The molecule has 0 bridgehead atoms. The zero-order valence-corrected chi connectivity index (χ0v) is 8.63. The first kappa shape index (κ1) is 10.5. The molecule has 1 aliphatic heterocycles. The molecule has 2 unspecified atom stereocenters. The number of carbonyl (C=O) groups is 1. The zero-order valence-electron chi connectivity index (χ0n) is 8.63. The van der Waals surface area contributed by atoms with Crippen molar-refractivity contribution in [3.8, 4) is 0 Å². The number of hydrogen-bond donors (Lipinski definition) is 2. The van der Waals surface area contributed by atoms with Crippen LogP contribution in [0.15, 0.2) is 0 Å². The van der Waals surface area contributed by atoms with Crippen LogP contribution in [-0.4, -0.2) is 51.1 Å². The Bertz CT molecular complexity index is 184. The van der Waals surface area contributed by atoms with Gasteiger partial charge in [-0.05, 0) is 27.1 Å². The lowest BCUT2D eigenvalue weighted by molar-refractivity contribution is -0.126. The molecule has 4 nitrogen and oxygen atoms in total. The number of amides is 1. The normalized spacial score (nSPS) is 30.1. The molecule has 1 heterocycles. The van der Waals surface area contributed by atoms with Gasteiger partial charge in [-0.2, -0.15) is 0 Å². The molecule has 0 aromatic carbocycles. The van der Waals surface area contributed by atoms with Gasteiger partial charge in [0.15, 0.2) is 0 Å². The van der Waals surface area contributed by atoms with E-state index < -0.39 is 0 Å². The third kappa shape index (κ3) is 2.42. The fourth-order valence-corrected chi connectivity index (χ4v) is 1.91. The highest BCUT2D eigenvalue weighted by Crippen LogP contribution is 2.15. The molecule has 1 fully saturated rings. The highest BCUT2D eigenvalue weighted by atomic mass is 16.1. The van der Waals surface area contributed by atoms with Crippen LogP contribution >= 0.6 is 0 Å². The largest absolute Gasteiger partial charge is 0.359 e. The van der Waals surface area contributed by atoms with Crippen molar-refractivity contribution in [2.75, 3.05) is 34.2 Å². The fourth-order valence-electron chi connectivity index (χ4n) is 1.91. The van der Waals surface area contributed by atoms with Gasteiger partial charge in [0.05, 0.1) is 5.92 Å². The number of carbonyl (C=O) groups excluding carboxylic acids is 1. The average Bonchev–Trinajstić information content (AvgIpc) is 2.16. The predicted molar refractivity (Wildman–Crippen MR) is 52.5 cm³/mol. The Morgan fingerprint density at radius 2 is 2.15 bits per heavy atom. The maximum Gasteiger partial charge on any atom is 0.225 e. The molecule has 0 aliphatic carbocycles. The van der Waals surface area contributed by atoms with Gasteiger partial charge >= 0.3 is 0 Å². The lowest BCUT2D eigenvalue weighted by Gasteiger charge is -2.35. The Hall–Kier alpha value is -0.610. The summed E-state index contributed by atoms with van der Waals surface area (Å²) in [5, 5.41) is 5.92. The van der Waals surface area contributed by atoms with Gasteiger partial charge in [-0.15, -0.1) is 0 Å². The summed E-state index contributed by atoms with van der Waals surface area (Å²) >= 11 is 0. The Morgan fingerprint density at radius 3 is 2.69 bits per heavy atom. The van der Waals surface area contributed by atoms with Gasteiger partial charge in [-0.1, -0.05) is 0 Å². The third-order valence-electron chi connectivity index (χ3n) is 2.77. The van der Waals surface area contributed by atoms with E-state index in [9.17, 15) is 4.79 Å². The van der Waals surface area contributed by atoms with Gasteiger partial charge in [0.25, 0.3) is 0 Å². The standard InChI is InChI=1S/C9H19N3O/c1-10-8-4-5-12(3)6-7(8)9(13)11-2/h7-8,10H,4-6H2,1-3H3,(H,11,13). The predicted octanol–water partition coefficient (Wildman–Crippen LogP) is -0.728. The SMILES string of the molecule is CNC(=O)C1CN(C)CCC1NC. The summed E-state index contributed by atoms with van der Waals surface area (Å²) in [4.78, 5) is 13.7. The monoisotopic (exact) mass is 185 g/mol. The lowest BCUT2D eigenvalue weighted by atomic mass is 9.92. The second kappa shape index (κ2) is 4.58. The zero-order chi connectivity index (χ0) is 9.84. The Morgan fingerprint density at radius 1 is 1.46 bits per heavy atom. The summed E-state index contributed by atoms with van der Waals surface area (Å²) in [6.07, 6.45) is 1.05. The minimum absolute atomic E-state index is 0.0914. The summed E-state index contributed by atoms with van der Waals surface area (Å²) in [6.45, 7) is 1.92. The third-order valence-corrected chi connectivity index (χ3v) is 2.77. The van der Waals surface area contributed by atoms with E-state index in [2.05, 4.69) is 22.6 Å². The van der Waals surface area contributed by atoms with Gasteiger partial charge in [0.1, 0.15) is 0 Å². The molecular weight excluding hydrogens is 166 g/mol. The van der Waals surface area contributed by atoms with Crippen LogP contribution < -0.4 is 10.6 Å². The molecular formula is C9H19N3O. The molecule has 1 saturated heterocycles. The maximum absolute atomic E-state index is 11.5. The first-order valence-corrected chi connectivity index (χ1v) is 4.76. The average molecular weight is 185 g/mol. The highest BCUT2D eigenvalue weighted by molar-refractivity contribution is 5.79. The lowest BCUT2D eigenvalue weighted by Crippen LogP contribution is -2.52. The van der Waals surface area contributed by atoms with Crippen LogP contribution in [0.3, 0.4) is 0 Å². The van der Waals surface area contributed by atoms with Crippen molar-refractivity contribution >= 4 is 5.91 Å². The highest BCUT2D eigenvalue weighted by Gasteiger charge is 2.31. The van der Waals surface area contributed by atoms with E-state index in [0.29, 0.717) is 6.04 Å². The molecule has 1 rings (SSSR count). The quantitative estimate of drug-likeness (QED) is 0.596. The molecule has 2 N–H and O–H groups in total. The van der Waals surface area contributed by atoms with Crippen LogP contribution in [0.1, 0.15) is 6.42 Å². The first-order valence-electron chi connectivity index (χ1n) is 4.76. The van der Waals surface area contributed by atoms with Gasteiger partial charge < -0.3 is 15.5 Å². The molecule has 13 heavy (non-hydrogen) atoms. The van der Waals surface area contributed by atoms with Crippen LogP contribution in [-0.2, 0) is 4.79 Å². The van der Waals surface area contributed by atoms with Crippen molar-refractivity contribution in [2.45, 2.75) is 12.5 Å². The van der Waals surface area contributed by atoms with E-state index in [4.69, 9.17) is 0 Å². The van der Waals surface area contributed by atoms with Crippen molar-refractivity contribution in [3.63, 3.8) is 0 Å². The molecule has 0 saturated carbocycles. The van der Waals surface area contributed by atoms with Gasteiger partial charge in [-0.25, -0.2) is 0 Å². The molecule has 1 aliphatic rings. The van der Waals surface area contributed by atoms with E-state index in [1.165, 1.54) is 0 Å². The van der Waals surface area contributed by atoms with E-state index in [-0.39, 0.29) is 11.8 Å². The van der Waals surface area contributed by atoms with Crippen LogP contribution in [0, 0.1) is 5.92 Å². The van der Waals surface area contributed by atoms with Crippen molar-refractivity contribution in [1.82, 2.24) is 15.5 Å². The molecule has 0 spiro atoms. The minimum Gasteiger partial charge on any atom is -0.359 e. The van der Waals surface area contributed by atoms with Crippen molar-refractivity contribution in [1.29, 1.82) is 0 Å². The Labute approximate surface area is 79.7 Å². The van der Waals surface area contributed by atoms with Crippen molar-refractivity contribution in [3.05, 3.63) is 0 Å². The number of nitrogens with one attached hydrogen (secondary N) is 2. The Balaban J connectivity index is 2.59. The van der Waals surface area contributed by atoms with Gasteiger partial charge in [0.2, 0.25) is 5.91 Å². The fraction of sp³-hybridized carbons (Fsp3) is 0.889. The smallest absolute Gasteiger partial charge is 0.225 e. The molecule has 0 radical (unpaired) electrons. The molecule has 0 aromatic rings. The van der Waals surface area contributed by atoms with Crippen LogP contribution in [0.4, 0.5) is 0 Å². The molecule has 1 amide bonds.